The van der Waals surface area contributed by atoms with Gasteiger partial charge < -0.3 is 11.1 Å². The predicted octanol–water partition coefficient (Wildman–Crippen LogP) is 3.74. The van der Waals surface area contributed by atoms with Crippen molar-refractivity contribution < 1.29 is 13.2 Å². The Bertz CT molecular complexity index is 597. The number of benzene rings is 2. The maximum absolute atomic E-state index is 13.6. The van der Waals surface area contributed by atoms with Crippen LogP contribution in [-0.2, 0) is 0 Å². The number of halogens is 3. The second-order valence-corrected chi connectivity index (χ2v) is 3.94. The van der Waals surface area contributed by atoms with E-state index in [0.29, 0.717) is 0 Å². The molecule has 0 unspecified atom stereocenters. The maximum atomic E-state index is 13.6. The zero-order valence-corrected chi connectivity index (χ0v) is 9.60. The summed E-state index contributed by atoms with van der Waals surface area (Å²) in [6.07, 6.45) is 0. The van der Waals surface area contributed by atoms with E-state index in [2.05, 4.69) is 5.32 Å². The minimum atomic E-state index is -0.627. The van der Waals surface area contributed by atoms with Crippen molar-refractivity contribution >= 4 is 17.1 Å². The first-order valence-corrected chi connectivity index (χ1v) is 5.25. The van der Waals surface area contributed by atoms with Crippen LogP contribution in [0.3, 0.4) is 0 Å². The summed E-state index contributed by atoms with van der Waals surface area (Å²) in [6.45, 7) is 1.46. The first-order valence-electron chi connectivity index (χ1n) is 5.25. The van der Waals surface area contributed by atoms with Crippen LogP contribution < -0.4 is 11.1 Å². The van der Waals surface area contributed by atoms with Crippen LogP contribution in [0.15, 0.2) is 30.3 Å². The molecular formula is C13H11F3N2. The van der Waals surface area contributed by atoms with Crippen molar-refractivity contribution in [3.8, 4) is 0 Å². The molecule has 0 saturated heterocycles. The van der Waals surface area contributed by atoms with E-state index in [-0.39, 0.29) is 22.6 Å². The van der Waals surface area contributed by atoms with Gasteiger partial charge in [0.2, 0.25) is 0 Å². The molecule has 0 aromatic heterocycles. The summed E-state index contributed by atoms with van der Waals surface area (Å²) in [4.78, 5) is 0. The molecule has 0 saturated carbocycles. The lowest BCUT2D eigenvalue weighted by molar-refractivity contribution is 0.595. The lowest BCUT2D eigenvalue weighted by Gasteiger charge is -2.11. The fourth-order valence-electron chi connectivity index (χ4n) is 1.52. The summed E-state index contributed by atoms with van der Waals surface area (Å²) < 4.78 is 39.9. The highest BCUT2D eigenvalue weighted by molar-refractivity contribution is 5.72. The van der Waals surface area contributed by atoms with E-state index in [0.717, 1.165) is 18.2 Å². The van der Waals surface area contributed by atoms with Gasteiger partial charge >= 0.3 is 0 Å². The number of rotatable bonds is 2. The Labute approximate surface area is 102 Å². The summed E-state index contributed by atoms with van der Waals surface area (Å²) >= 11 is 0. The van der Waals surface area contributed by atoms with Crippen LogP contribution in [-0.4, -0.2) is 0 Å². The van der Waals surface area contributed by atoms with Crippen molar-refractivity contribution in [3.63, 3.8) is 0 Å². The number of aryl methyl sites for hydroxylation is 1. The summed E-state index contributed by atoms with van der Waals surface area (Å²) in [7, 11) is 0. The zero-order valence-electron chi connectivity index (χ0n) is 9.60. The third-order valence-electron chi connectivity index (χ3n) is 2.53. The van der Waals surface area contributed by atoms with E-state index in [1.54, 1.807) is 0 Å². The van der Waals surface area contributed by atoms with Gasteiger partial charge in [-0.15, -0.1) is 0 Å². The number of nitrogens with one attached hydrogen (secondary N) is 1. The summed E-state index contributed by atoms with van der Waals surface area (Å²) in [5, 5.41) is 2.57. The molecule has 5 heteroatoms. The molecule has 0 aliphatic heterocycles. The lowest BCUT2D eigenvalue weighted by atomic mass is 10.2. The molecule has 0 radical (unpaired) electrons. The van der Waals surface area contributed by atoms with Crippen molar-refractivity contribution in [1.29, 1.82) is 0 Å². The number of nitrogen functional groups attached to an aromatic ring is 1. The number of nitrogens with two attached hydrogens (primary N) is 1. The minimum Gasteiger partial charge on any atom is -0.397 e. The minimum absolute atomic E-state index is 0.0876. The normalized spacial score (nSPS) is 10.4. The standard InChI is InChI=1S/C13H11F3N2/c1-7-4-10(16)12(6-9(7)15)18-13-5-8(14)2-3-11(13)17/h2-6,18H,17H2,1H3. The summed E-state index contributed by atoms with van der Waals surface area (Å²) in [5.41, 5.74) is 6.16. The molecule has 2 rings (SSSR count). The van der Waals surface area contributed by atoms with Gasteiger partial charge in [0.15, 0.2) is 0 Å². The molecule has 0 heterocycles. The van der Waals surface area contributed by atoms with E-state index in [9.17, 15) is 13.2 Å². The summed E-state index contributed by atoms with van der Waals surface area (Å²) in [6, 6.07) is 5.72. The molecule has 2 aromatic carbocycles. The van der Waals surface area contributed by atoms with Gasteiger partial charge in [-0.05, 0) is 36.8 Å². The second kappa shape index (κ2) is 4.60. The van der Waals surface area contributed by atoms with Crippen molar-refractivity contribution in [2.45, 2.75) is 6.92 Å². The van der Waals surface area contributed by atoms with Gasteiger partial charge in [-0.1, -0.05) is 0 Å². The van der Waals surface area contributed by atoms with Crippen LogP contribution in [0.1, 0.15) is 5.56 Å². The van der Waals surface area contributed by atoms with Crippen LogP contribution in [0.5, 0.6) is 0 Å². The fraction of sp³-hybridized carbons (Fsp3) is 0.0769. The highest BCUT2D eigenvalue weighted by atomic mass is 19.1. The maximum Gasteiger partial charge on any atom is 0.147 e. The van der Waals surface area contributed by atoms with Crippen LogP contribution in [0.2, 0.25) is 0 Å². The van der Waals surface area contributed by atoms with Crippen LogP contribution in [0, 0.1) is 24.4 Å². The topological polar surface area (TPSA) is 38.0 Å². The Morgan fingerprint density at radius 3 is 2.39 bits per heavy atom. The van der Waals surface area contributed by atoms with Gasteiger partial charge in [0.1, 0.15) is 17.5 Å². The Balaban J connectivity index is 2.40. The molecule has 3 N–H and O–H groups in total. The van der Waals surface area contributed by atoms with E-state index in [4.69, 9.17) is 5.73 Å². The van der Waals surface area contributed by atoms with Gasteiger partial charge in [0.25, 0.3) is 0 Å². The SMILES string of the molecule is Cc1cc(F)c(Nc2cc(F)ccc2N)cc1F. The molecule has 0 atom stereocenters. The average Bonchev–Trinajstić information content (AvgIpc) is 2.30. The Morgan fingerprint density at radius 1 is 0.944 bits per heavy atom. The van der Waals surface area contributed by atoms with Crippen LogP contribution >= 0.6 is 0 Å². The Morgan fingerprint density at radius 2 is 1.67 bits per heavy atom. The van der Waals surface area contributed by atoms with E-state index in [1.807, 2.05) is 0 Å². The largest absolute Gasteiger partial charge is 0.397 e. The third-order valence-corrected chi connectivity index (χ3v) is 2.53. The molecule has 2 aromatic rings. The number of anilines is 3. The number of hydrogen-bond acceptors (Lipinski definition) is 2. The molecular weight excluding hydrogens is 241 g/mol. The van der Waals surface area contributed by atoms with Gasteiger partial charge in [-0.3, -0.25) is 0 Å². The van der Waals surface area contributed by atoms with E-state index < -0.39 is 17.5 Å². The monoisotopic (exact) mass is 252 g/mol. The molecule has 0 bridgehead atoms. The number of hydrogen-bond donors (Lipinski definition) is 2. The highest BCUT2D eigenvalue weighted by Gasteiger charge is 2.09. The average molecular weight is 252 g/mol. The highest BCUT2D eigenvalue weighted by Crippen LogP contribution is 2.27. The predicted molar refractivity (Wildman–Crippen MR) is 65.2 cm³/mol. The molecule has 0 fully saturated rings. The van der Waals surface area contributed by atoms with Gasteiger partial charge in [0.05, 0.1) is 17.1 Å². The Kier molecular flexibility index (Phi) is 3.14. The molecule has 94 valence electrons. The first-order chi connectivity index (χ1) is 8.47. The Hall–Kier alpha value is -2.17. The molecule has 0 amide bonds. The molecule has 2 nitrogen and oxygen atoms in total. The fourth-order valence-corrected chi connectivity index (χ4v) is 1.52. The second-order valence-electron chi connectivity index (χ2n) is 3.94. The van der Waals surface area contributed by atoms with Gasteiger partial charge in [-0.25, -0.2) is 13.2 Å². The smallest absolute Gasteiger partial charge is 0.147 e. The molecule has 0 spiro atoms. The van der Waals surface area contributed by atoms with Crippen LogP contribution in [0.4, 0.5) is 30.2 Å². The molecule has 0 aliphatic rings. The van der Waals surface area contributed by atoms with Gasteiger partial charge in [-0.2, -0.15) is 0 Å². The van der Waals surface area contributed by atoms with Crippen molar-refractivity contribution in [2.75, 3.05) is 11.1 Å². The quantitative estimate of drug-likeness (QED) is 0.799. The zero-order chi connectivity index (χ0) is 13.3. The van der Waals surface area contributed by atoms with E-state index in [1.165, 1.54) is 19.1 Å². The van der Waals surface area contributed by atoms with E-state index >= 15 is 0 Å². The van der Waals surface area contributed by atoms with Gasteiger partial charge in [0, 0.05) is 6.07 Å². The van der Waals surface area contributed by atoms with Crippen molar-refractivity contribution in [2.24, 2.45) is 0 Å². The molecule has 18 heavy (non-hydrogen) atoms. The van der Waals surface area contributed by atoms with Crippen LogP contribution in [0.25, 0.3) is 0 Å². The lowest BCUT2D eigenvalue weighted by Crippen LogP contribution is -2.00. The summed E-state index contributed by atoms with van der Waals surface area (Å²) in [5.74, 6) is -1.69. The third kappa shape index (κ3) is 2.40. The van der Waals surface area contributed by atoms with Crippen molar-refractivity contribution in [3.05, 3.63) is 53.3 Å². The first kappa shape index (κ1) is 12.3. The van der Waals surface area contributed by atoms with Crippen molar-refractivity contribution in [1.82, 2.24) is 0 Å². The molecule has 0 aliphatic carbocycles.